The fourth-order valence-electron chi connectivity index (χ4n) is 2.77. The summed E-state index contributed by atoms with van der Waals surface area (Å²) in [5.74, 6) is 0. The third kappa shape index (κ3) is 2.19. The molecule has 0 N–H and O–H groups in total. The van der Waals surface area contributed by atoms with Crippen LogP contribution in [-0.2, 0) is 12.8 Å². The molecule has 0 atom stereocenters. The quantitative estimate of drug-likeness (QED) is 0.654. The maximum absolute atomic E-state index is 4.86. The summed E-state index contributed by atoms with van der Waals surface area (Å²) in [6.07, 6.45) is 7.76. The molecule has 0 unspecified atom stereocenters. The first-order valence-corrected chi connectivity index (χ1v) is 6.72. The molecule has 0 aliphatic heterocycles. The Labute approximate surface area is 103 Å². The van der Waals surface area contributed by atoms with Crippen LogP contribution >= 0.6 is 0 Å². The van der Waals surface area contributed by atoms with Crippen molar-refractivity contribution >= 4 is 10.9 Å². The molecule has 0 bridgehead atoms. The van der Waals surface area contributed by atoms with Crippen molar-refractivity contribution in [2.24, 2.45) is 0 Å². The van der Waals surface area contributed by atoms with E-state index in [2.05, 4.69) is 31.2 Å². The number of aromatic nitrogens is 1. The molecule has 0 amide bonds. The Bertz CT molecular complexity index is 542. The van der Waals surface area contributed by atoms with Crippen LogP contribution in [0.15, 0.2) is 24.3 Å². The minimum atomic E-state index is 1.16. The lowest BCUT2D eigenvalue weighted by molar-refractivity contribution is 0.610. The number of benzene rings is 1. The van der Waals surface area contributed by atoms with E-state index in [0.717, 1.165) is 5.52 Å². The zero-order valence-corrected chi connectivity index (χ0v) is 10.5. The Balaban J connectivity index is 2.13. The molecule has 0 fully saturated rings. The van der Waals surface area contributed by atoms with Gasteiger partial charge in [0.15, 0.2) is 0 Å². The van der Waals surface area contributed by atoms with E-state index in [1.54, 1.807) is 0 Å². The lowest BCUT2D eigenvalue weighted by Crippen LogP contribution is -2.02. The molecule has 3 rings (SSSR count). The summed E-state index contributed by atoms with van der Waals surface area (Å²) in [6.45, 7) is 2.15. The fourth-order valence-corrected chi connectivity index (χ4v) is 2.77. The number of aryl methyl sites for hydroxylation is 3. The van der Waals surface area contributed by atoms with Crippen molar-refractivity contribution in [3.05, 3.63) is 41.1 Å². The van der Waals surface area contributed by atoms with Gasteiger partial charge in [-0.1, -0.05) is 24.5 Å². The van der Waals surface area contributed by atoms with E-state index in [9.17, 15) is 0 Å². The number of hydrogen-bond donors (Lipinski definition) is 0. The van der Waals surface area contributed by atoms with Crippen molar-refractivity contribution < 1.29 is 0 Å². The maximum atomic E-state index is 4.86. The van der Waals surface area contributed by atoms with Gasteiger partial charge in [-0.3, -0.25) is 4.98 Å². The van der Waals surface area contributed by atoms with Crippen LogP contribution in [0.1, 0.15) is 42.5 Å². The van der Waals surface area contributed by atoms with Crippen molar-refractivity contribution in [2.45, 2.75) is 45.4 Å². The molecule has 1 aliphatic carbocycles. The molecule has 17 heavy (non-hydrogen) atoms. The van der Waals surface area contributed by atoms with Crippen LogP contribution in [0.2, 0.25) is 0 Å². The molecule has 0 radical (unpaired) electrons. The van der Waals surface area contributed by atoms with E-state index >= 15 is 0 Å². The van der Waals surface area contributed by atoms with Gasteiger partial charge in [-0.25, -0.2) is 0 Å². The number of rotatable bonds is 0. The maximum Gasteiger partial charge on any atom is 0.0705 e. The molecule has 1 nitrogen and oxygen atoms in total. The van der Waals surface area contributed by atoms with Crippen LogP contribution < -0.4 is 0 Å². The van der Waals surface area contributed by atoms with Crippen molar-refractivity contribution in [2.75, 3.05) is 0 Å². The van der Waals surface area contributed by atoms with Crippen molar-refractivity contribution in [3.63, 3.8) is 0 Å². The molecule has 1 aromatic heterocycles. The fraction of sp³-hybridized carbons (Fsp3) is 0.438. The minimum Gasteiger partial charge on any atom is -0.253 e. The lowest BCUT2D eigenvalue weighted by atomic mass is 9.95. The standard InChI is InChI=1S/C16H19N/c1-12-8-9-16-14(10-12)11-13-6-4-2-3-5-7-15(13)17-16/h8-11H,2-7H2,1H3. The third-order valence-electron chi connectivity index (χ3n) is 3.75. The Kier molecular flexibility index (Phi) is 2.84. The number of pyridine rings is 1. The van der Waals surface area contributed by atoms with Gasteiger partial charge >= 0.3 is 0 Å². The van der Waals surface area contributed by atoms with Gasteiger partial charge in [0, 0.05) is 11.1 Å². The van der Waals surface area contributed by atoms with Crippen LogP contribution in [0.4, 0.5) is 0 Å². The Morgan fingerprint density at radius 3 is 2.65 bits per heavy atom. The van der Waals surface area contributed by atoms with Gasteiger partial charge in [0.2, 0.25) is 0 Å². The van der Waals surface area contributed by atoms with E-state index in [1.165, 1.54) is 60.7 Å². The number of hydrogen-bond acceptors (Lipinski definition) is 1. The molecule has 88 valence electrons. The molecule has 0 spiro atoms. The van der Waals surface area contributed by atoms with Gasteiger partial charge in [-0.15, -0.1) is 0 Å². The molecule has 1 aromatic carbocycles. The first-order valence-electron chi connectivity index (χ1n) is 6.72. The second-order valence-corrected chi connectivity index (χ2v) is 5.20. The van der Waals surface area contributed by atoms with Crippen LogP contribution in [0.3, 0.4) is 0 Å². The normalized spacial score (nSPS) is 16.3. The summed E-state index contributed by atoms with van der Waals surface area (Å²) in [5.41, 5.74) is 5.32. The molecule has 1 aliphatic rings. The SMILES string of the molecule is Cc1ccc2nc3c(cc2c1)CCCCCC3. The molecule has 0 saturated heterocycles. The molecule has 1 heterocycles. The van der Waals surface area contributed by atoms with Crippen molar-refractivity contribution in [3.8, 4) is 0 Å². The van der Waals surface area contributed by atoms with Gasteiger partial charge in [0.25, 0.3) is 0 Å². The van der Waals surface area contributed by atoms with Gasteiger partial charge in [-0.2, -0.15) is 0 Å². The molecule has 0 saturated carbocycles. The topological polar surface area (TPSA) is 12.9 Å². The lowest BCUT2D eigenvalue weighted by Gasteiger charge is -2.14. The van der Waals surface area contributed by atoms with E-state index in [0.29, 0.717) is 0 Å². The van der Waals surface area contributed by atoms with E-state index < -0.39 is 0 Å². The zero-order valence-electron chi connectivity index (χ0n) is 10.5. The molecular formula is C16H19N. The molecule has 2 aromatic rings. The van der Waals surface area contributed by atoms with Crippen molar-refractivity contribution in [1.82, 2.24) is 4.98 Å². The van der Waals surface area contributed by atoms with Gasteiger partial charge in [0.05, 0.1) is 5.52 Å². The van der Waals surface area contributed by atoms with E-state index in [4.69, 9.17) is 4.98 Å². The Hall–Kier alpha value is -1.37. The smallest absolute Gasteiger partial charge is 0.0705 e. The van der Waals surface area contributed by atoms with E-state index in [-0.39, 0.29) is 0 Å². The zero-order chi connectivity index (χ0) is 11.7. The average Bonchev–Trinajstić information content (AvgIpc) is 2.29. The Morgan fingerprint density at radius 2 is 1.76 bits per heavy atom. The second kappa shape index (κ2) is 4.48. The highest BCUT2D eigenvalue weighted by atomic mass is 14.7. The van der Waals surface area contributed by atoms with E-state index in [1.807, 2.05) is 0 Å². The predicted molar refractivity (Wildman–Crippen MR) is 72.4 cm³/mol. The Morgan fingerprint density at radius 1 is 0.941 bits per heavy atom. The number of fused-ring (bicyclic) bond motifs is 2. The van der Waals surface area contributed by atoms with Crippen LogP contribution in [0, 0.1) is 6.92 Å². The second-order valence-electron chi connectivity index (χ2n) is 5.20. The monoisotopic (exact) mass is 225 g/mol. The third-order valence-corrected chi connectivity index (χ3v) is 3.75. The summed E-state index contributed by atoms with van der Waals surface area (Å²) in [6, 6.07) is 8.94. The highest BCUT2D eigenvalue weighted by molar-refractivity contribution is 5.80. The first-order chi connectivity index (χ1) is 8.33. The minimum absolute atomic E-state index is 1.16. The highest BCUT2D eigenvalue weighted by Gasteiger charge is 2.09. The summed E-state index contributed by atoms with van der Waals surface area (Å²) in [4.78, 5) is 4.86. The first kappa shape index (κ1) is 10.8. The predicted octanol–water partition coefficient (Wildman–Crippen LogP) is 4.20. The number of nitrogens with zero attached hydrogens (tertiary/aromatic N) is 1. The molecule has 1 heteroatoms. The largest absolute Gasteiger partial charge is 0.253 e. The van der Waals surface area contributed by atoms with Crippen LogP contribution in [0.5, 0.6) is 0 Å². The van der Waals surface area contributed by atoms with Crippen LogP contribution in [-0.4, -0.2) is 4.98 Å². The molecular weight excluding hydrogens is 206 g/mol. The summed E-state index contributed by atoms with van der Waals surface area (Å²) in [7, 11) is 0. The average molecular weight is 225 g/mol. The summed E-state index contributed by atoms with van der Waals surface area (Å²) < 4.78 is 0. The van der Waals surface area contributed by atoms with Gasteiger partial charge < -0.3 is 0 Å². The highest BCUT2D eigenvalue weighted by Crippen LogP contribution is 2.23. The summed E-state index contributed by atoms with van der Waals surface area (Å²) >= 11 is 0. The van der Waals surface area contributed by atoms with Crippen molar-refractivity contribution in [1.29, 1.82) is 0 Å². The van der Waals surface area contributed by atoms with Gasteiger partial charge in [-0.05, 0) is 56.4 Å². The summed E-state index contributed by atoms with van der Waals surface area (Å²) in [5, 5.41) is 1.31. The van der Waals surface area contributed by atoms with Gasteiger partial charge in [0.1, 0.15) is 0 Å². The van der Waals surface area contributed by atoms with Crippen LogP contribution in [0.25, 0.3) is 10.9 Å².